The molecule has 2 aromatic heterocycles. The van der Waals surface area contributed by atoms with Gasteiger partial charge in [0.25, 0.3) is 9.05 Å². The standard InChI is InChI=1S/C8H5Cl2N3O2S/c9-8-11-4-3-6(12-8)13-5-1-2-7(13)16(10,14)15/h1-5H. The summed E-state index contributed by atoms with van der Waals surface area (Å²) in [5.74, 6) is 0.337. The number of aromatic nitrogens is 3. The molecule has 84 valence electrons. The van der Waals surface area contributed by atoms with Gasteiger partial charge in [0.1, 0.15) is 5.82 Å². The third-order valence-electron chi connectivity index (χ3n) is 1.82. The maximum Gasteiger partial charge on any atom is 0.277 e. The fourth-order valence-corrected chi connectivity index (χ4v) is 2.36. The Kier molecular flexibility index (Phi) is 2.88. The van der Waals surface area contributed by atoms with E-state index in [1.165, 1.54) is 29.1 Å². The third kappa shape index (κ3) is 2.18. The van der Waals surface area contributed by atoms with Crippen LogP contribution in [0.5, 0.6) is 0 Å². The molecule has 0 unspecified atom stereocenters. The zero-order valence-corrected chi connectivity index (χ0v) is 10.0. The first-order valence-electron chi connectivity index (χ1n) is 4.09. The van der Waals surface area contributed by atoms with Crippen LogP contribution in [0.15, 0.2) is 35.6 Å². The minimum Gasteiger partial charge on any atom is -0.291 e. The van der Waals surface area contributed by atoms with Crippen molar-refractivity contribution < 1.29 is 8.42 Å². The largest absolute Gasteiger partial charge is 0.291 e. The maximum absolute atomic E-state index is 11.2. The minimum absolute atomic E-state index is 0.0316. The first-order valence-corrected chi connectivity index (χ1v) is 6.78. The molecule has 0 aliphatic rings. The molecular weight excluding hydrogens is 273 g/mol. The zero-order chi connectivity index (χ0) is 11.8. The van der Waals surface area contributed by atoms with Crippen molar-refractivity contribution in [1.29, 1.82) is 0 Å². The van der Waals surface area contributed by atoms with Crippen LogP contribution in [0.2, 0.25) is 5.28 Å². The monoisotopic (exact) mass is 277 g/mol. The van der Waals surface area contributed by atoms with E-state index in [9.17, 15) is 8.42 Å². The van der Waals surface area contributed by atoms with Gasteiger partial charge in [-0.2, -0.15) is 4.98 Å². The molecule has 5 nitrogen and oxygen atoms in total. The summed E-state index contributed by atoms with van der Waals surface area (Å²) >= 11 is 5.61. The van der Waals surface area contributed by atoms with Gasteiger partial charge in [-0.3, -0.25) is 4.57 Å². The lowest BCUT2D eigenvalue weighted by atomic mass is 10.6. The van der Waals surface area contributed by atoms with Gasteiger partial charge in [0.2, 0.25) is 5.28 Å². The van der Waals surface area contributed by atoms with Crippen molar-refractivity contribution in [3.8, 4) is 5.82 Å². The molecule has 16 heavy (non-hydrogen) atoms. The number of nitrogens with zero attached hydrogens (tertiary/aromatic N) is 3. The van der Waals surface area contributed by atoms with Crippen LogP contribution < -0.4 is 0 Å². The van der Waals surface area contributed by atoms with E-state index in [0.29, 0.717) is 5.82 Å². The van der Waals surface area contributed by atoms with E-state index >= 15 is 0 Å². The Morgan fingerprint density at radius 2 is 2.06 bits per heavy atom. The predicted molar refractivity (Wildman–Crippen MR) is 59.4 cm³/mol. The molecule has 2 rings (SSSR count). The third-order valence-corrected chi connectivity index (χ3v) is 3.31. The van der Waals surface area contributed by atoms with Crippen molar-refractivity contribution in [3.63, 3.8) is 0 Å². The molecule has 0 saturated heterocycles. The summed E-state index contributed by atoms with van der Waals surface area (Å²) in [6, 6.07) is 4.45. The summed E-state index contributed by atoms with van der Waals surface area (Å²) < 4.78 is 23.8. The SMILES string of the molecule is O=S(=O)(Cl)c1cccn1-c1ccnc(Cl)n1. The topological polar surface area (TPSA) is 64.8 Å². The summed E-state index contributed by atoms with van der Waals surface area (Å²) in [4.78, 5) is 7.58. The van der Waals surface area contributed by atoms with Gasteiger partial charge < -0.3 is 0 Å². The average molecular weight is 278 g/mol. The second-order valence-corrected chi connectivity index (χ2v) is 5.69. The summed E-state index contributed by atoms with van der Waals surface area (Å²) in [5, 5.41) is -0.0342. The first kappa shape index (κ1) is 11.4. The minimum atomic E-state index is -3.82. The van der Waals surface area contributed by atoms with Crippen LogP contribution in [0.4, 0.5) is 0 Å². The molecule has 8 heteroatoms. The summed E-state index contributed by atoms with van der Waals surface area (Å²) in [6.45, 7) is 0. The van der Waals surface area contributed by atoms with E-state index in [0.717, 1.165) is 0 Å². The lowest BCUT2D eigenvalue weighted by Gasteiger charge is -2.05. The Morgan fingerprint density at radius 3 is 2.69 bits per heavy atom. The Balaban J connectivity index is 2.62. The van der Waals surface area contributed by atoms with Crippen LogP contribution in [-0.4, -0.2) is 23.0 Å². The summed E-state index contributed by atoms with van der Waals surface area (Å²) in [6.07, 6.45) is 2.95. The molecule has 2 aromatic rings. The molecule has 0 saturated carbocycles. The van der Waals surface area contributed by atoms with Gasteiger partial charge in [-0.05, 0) is 29.8 Å². The molecule has 0 bridgehead atoms. The second-order valence-electron chi connectivity index (χ2n) is 2.84. The highest BCUT2D eigenvalue weighted by Gasteiger charge is 2.16. The van der Waals surface area contributed by atoms with Crippen molar-refractivity contribution in [1.82, 2.24) is 14.5 Å². The molecule has 0 aromatic carbocycles. The van der Waals surface area contributed by atoms with Gasteiger partial charge in [0.15, 0.2) is 5.03 Å². The van der Waals surface area contributed by atoms with Crippen LogP contribution in [0.3, 0.4) is 0 Å². The molecule has 0 spiro atoms. The molecule has 0 aliphatic carbocycles. The van der Waals surface area contributed by atoms with E-state index in [4.69, 9.17) is 22.3 Å². The van der Waals surface area contributed by atoms with Crippen LogP contribution in [0.25, 0.3) is 5.82 Å². The molecule has 0 fully saturated rings. The molecular formula is C8H5Cl2N3O2S. The molecule has 0 aliphatic heterocycles. The molecule has 0 atom stereocenters. The van der Waals surface area contributed by atoms with Crippen LogP contribution >= 0.6 is 22.3 Å². The van der Waals surface area contributed by atoms with Gasteiger partial charge in [0.05, 0.1) is 0 Å². The van der Waals surface area contributed by atoms with E-state index in [1.54, 1.807) is 6.07 Å². The normalized spacial score (nSPS) is 11.6. The van der Waals surface area contributed by atoms with Crippen LogP contribution in [0.1, 0.15) is 0 Å². The first-order chi connectivity index (χ1) is 7.48. The van der Waals surface area contributed by atoms with Crippen molar-refractivity contribution in [3.05, 3.63) is 35.9 Å². The Bertz CT molecular complexity index is 624. The van der Waals surface area contributed by atoms with Gasteiger partial charge in [-0.1, -0.05) is 0 Å². The van der Waals surface area contributed by atoms with Gasteiger partial charge in [0, 0.05) is 23.1 Å². The Hall–Kier alpha value is -1.11. The fourth-order valence-electron chi connectivity index (χ4n) is 1.21. The highest BCUT2D eigenvalue weighted by atomic mass is 35.7. The highest BCUT2D eigenvalue weighted by Crippen LogP contribution is 2.19. The lowest BCUT2D eigenvalue weighted by Crippen LogP contribution is -2.04. The van der Waals surface area contributed by atoms with E-state index in [-0.39, 0.29) is 10.3 Å². The summed E-state index contributed by atoms with van der Waals surface area (Å²) in [5.41, 5.74) is 0. The van der Waals surface area contributed by atoms with Gasteiger partial charge >= 0.3 is 0 Å². The maximum atomic E-state index is 11.2. The number of hydrogen-bond donors (Lipinski definition) is 0. The number of hydrogen-bond acceptors (Lipinski definition) is 4. The van der Waals surface area contributed by atoms with E-state index in [1.807, 2.05) is 0 Å². The van der Waals surface area contributed by atoms with Crippen LogP contribution in [-0.2, 0) is 9.05 Å². The quantitative estimate of drug-likeness (QED) is 0.621. The fraction of sp³-hybridized carbons (Fsp3) is 0. The molecule has 0 amide bonds. The van der Waals surface area contributed by atoms with Crippen molar-refractivity contribution in [2.45, 2.75) is 5.03 Å². The molecule has 2 heterocycles. The zero-order valence-electron chi connectivity index (χ0n) is 7.71. The lowest BCUT2D eigenvalue weighted by molar-refractivity contribution is 0.603. The average Bonchev–Trinajstić information content (AvgIpc) is 2.65. The molecule has 0 N–H and O–H groups in total. The second kappa shape index (κ2) is 4.04. The number of halogens is 2. The van der Waals surface area contributed by atoms with Crippen molar-refractivity contribution in [2.75, 3.05) is 0 Å². The van der Waals surface area contributed by atoms with Crippen LogP contribution in [0, 0.1) is 0 Å². The summed E-state index contributed by atoms with van der Waals surface area (Å²) in [7, 11) is 1.45. The Labute approximate surface area is 101 Å². The molecule has 0 radical (unpaired) electrons. The Morgan fingerprint density at radius 1 is 1.31 bits per heavy atom. The van der Waals surface area contributed by atoms with Gasteiger partial charge in [-0.25, -0.2) is 13.4 Å². The predicted octanol–water partition coefficient (Wildman–Crippen LogP) is 1.85. The number of rotatable bonds is 2. The van der Waals surface area contributed by atoms with Gasteiger partial charge in [-0.15, -0.1) is 0 Å². The van der Waals surface area contributed by atoms with E-state index in [2.05, 4.69) is 9.97 Å². The smallest absolute Gasteiger partial charge is 0.277 e. The van der Waals surface area contributed by atoms with Crippen molar-refractivity contribution >= 4 is 31.3 Å². The highest BCUT2D eigenvalue weighted by molar-refractivity contribution is 8.13. The van der Waals surface area contributed by atoms with Crippen molar-refractivity contribution in [2.24, 2.45) is 0 Å². The van der Waals surface area contributed by atoms with E-state index < -0.39 is 9.05 Å².